The van der Waals surface area contributed by atoms with Crippen LogP contribution in [0, 0.1) is 5.82 Å². The fourth-order valence-electron chi connectivity index (χ4n) is 3.64. The molecule has 0 saturated carbocycles. The van der Waals surface area contributed by atoms with Gasteiger partial charge in [0.15, 0.2) is 0 Å². The number of ether oxygens (including phenoxy) is 1. The number of hydrogen-bond acceptors (Lipinski definition) is 3. The molecule has 4 nitrogen and oxygen atoms in total. The topological polar surface area (TPSA) is 59.4 Å². The van der Waals surface area contributed by atoms with E-state index in [2.05, 4.69) is 11.9 Å². The first-order valence-electron chi connectivity index (χ1n) is 10.7. The second kappa shape index (κ2) is 9.60. The number of hydrogen-bond donors (Lipinski definition) is 1. The summed E-state index contributed by atoms with van der Waals surface area (Å²) in [5, 5.41) is 9.87. The first kappa shape index (κ1) is 21.5. The first-order chi connectivity index (χ1) is 15.5. The first-order valence-corrected chi connectivity index (χ1v) is 10.7. The number of halogens is 1. The molecule has 0 saturated heterocycles. The Morgan fingerprint density at radius 2 is 1.56 bits per heavy atom. The third-order valence-electron chi connectivity index (χ3n) is 5.39. The van der Waals surface area contributed by atoms with Crippen LogP contribution in [0.1, 0.15) is 36.5 Å². The fraction of sp³-hybridized carbons (Fsp3) is 0.185. The van der Waals surface area contributed by atoms with Crippen LogP contribution in [-0.4, -0.2) is 22.7 Å². The average Bonchev–Trinajstić information content (AvgIpc) is 2.81. The zero-order valence-electron chi connectivity index (χ0n) is 17.8. The van der Waals surface area contributed by atoms with E-state index in [-0.39, 0.29) is 10.9 Å². The summed E-state index contributed by atoms with van der Waals surface area (Å²) in [7, 11) is 0. The normalized spacial score (nSPS) is 10.9. The molecular weight excluding hydrogens is 405 g/mol. The van der Waals surface area contributed by atoms with E-state index in [0.717, 1.165) is 35.5 Å². The van der Waals surface area contributed by atoms with Crippen LogP contribution in [-0.2, 0) is 0 Å². The van der Waals surface area contributed by atoms with Crippen LogP contribution in [0.2, 0.25) is 0 Å². The predicted octanol–water partition coefficient (Wildman–Crippen LogP) is 6.98. The largest absolute Gasteiger partial charge is 0.494 e. The number of aromatic nitrogens is 1. The fourth-order valence-corrected chi connectivity index (χ4v) is 3.64. The molecule has 3 aromatic carbocycles. The highest BCUT2D eigenvalue weighted by Crippen LogP contribution is 2.28. The number of benzene rings is 3. The van der Waals surface area contributed by atoms with Crippen molar-refractivity contribution in [2.75, 3.05) is 6.61 Å². The number of carboxylic acid groups (broad SMARTS) is 1. The minimum absolute atomic E-state index is 0.0307. The number of rotatable bonds is 8. The van der Waals surface area contributed by atoms with Crippen molar-refractivity contribution in [3.05, 3.63) is 84.2 Å². The van der Waals surface area contributed by atoms with Crippen LogP contribution in [0.25, 0.3) is 33.3 Å². The zero-order valence-corrected chi connectivity index (χ0v) is 17.8. The van der Waals surface area contributed by atoms with E-state index >= 15 is 0 Å². The smallest absolute Gasteiger partial charge is 0.336 e. The second-order valence-electron chi connectivity index (χ2n) is 7.68. The van der Waals surface area contributed by atoms with Gasteiger partial charge in [0.25, 0.3) is 0 Å². The monoisotopic (exact) mass is 429 g/mol. The van der Waals surface area contributed by atoms with Crippen molar-refractivity contribution in [2.45, 2.75) is 26.2 Å². The van der Waals surface area contributed by atoms with Crippen molar-refractivity contribution >= 4 is 16.9 Å². The molecule has 1 aromatic heterocycles. The summed E-state index contributed by atoms with van der Waals surface area (Å²) >= 11 is 0. The van der Waals surface area contributed by atoms with Crippen LogP contribution in [0.4, 0.5) is 4.39 Å². The van der Waals surface area contributed by atoms with Gasteiger partial charge in [-0.2, -0.15) is 0 Å². The third kappa shape index (κ3) is 4.78. The van der Waals surface area contributed by atoms with Crippen LogP contribution in [0.15, 0.2) is 72.8 Å². The van der Waals surface area contributed by atoms with E-state index in [4.69, 9.17) is 4.74 Å². The number of unbranched alkanes of at least 4 members (excludes halogenated alkanes) is 2. The van der Waals surface area contributed by atoms with Gasteiger partial charge < -0.3 is 9.84 Å². The van der Waals surface area contributed by atoms with Crippen molar-refractivity contribution in [3.63, 3.8) is 0 Å². The van der Waals surface area contributed by atoms with Gasteiger partial charge in [0.1, 0.15) is 11.6 Å². The lowest BCUT2D eigenvalue weighted by Crippen LogP contribution is -2.00. The van der Waals surface area contributed by atoms with Gasteiger partial charge in [0.2, 0.25) is 0 Å². The van der Waals surface area contributed by atoms with E-state index in [0.29, 0.717) is 11.2 Å². The van der Waals surface area contributed by atoms with Gasteiger partial charge >= 0.3 is 5.97 Å². The Morgan fingerprint density at radius 3 is 2.22 bits per heavy atom. The Labute approximate surface area is 186 Å². The summed E-state index contributed by atoms with van der Waals surface area (Å²) in [6, 6.07) is 21.2. The molecule has 4 aromatic rings. The molecule has 1 N–H and O–H groups in total. The molecule has 0 bridgehead atoms. The van der Waals surface area contributed by atoms with Gasteiger partial charge in [0, 0.05) is 10.9 Å². The van der Waals surface area contributed by atoms with E-state index in [1.54, 1.807) is 0 Å². The van der Waals surface area contributed by atoms with E-state index in [1.807, 2.05) is 48.5 Å². The maximum absolute atomic E-state index is 13.6. The Kier molecular flexibility index (Phi) is 6.45. The zero-order chi connectivity index (χ0) is 22.5. The quantitative estimate of drug-likeness (QED) is 0.307. The number of carboxylic acids is 1. The van der Waals surface area contributed by atoms with Gasteiger partial charge in [-0.1, -0.05) is 56.2 Å². The molecule has 1 heterocycles. The van der Waals surface area contributed by atoms with Gasteiger partial charge in [-0.3, -0.25) is 0 Å². The standard InChI is InChI=1S/C27H24FNO3/c1-2-3-4-15-32-22-12-9-19(10-13-22)18-5-7-20(8-6-18)26-17-24(27(30)31)23-16-21(28)11-14-25(23)29-26/h5-14,16-17H,2-4,15H2,1H3,(H,30,31). The molecule has 32 heavy (non-hydrogen) atoms. The van der Waals surface area contributed by atoms with Gasteiger partial charge in [-0.15, -0.1) is 0 Å². The van der Waals surface area contributed by atoms with E-state index in [9.17, 15) is 14.3 Å². The number of fused-ring (bicyclic) bond motifs is 1. The van der Waals surface area contributed by atoms with Crippen LogP contribution in [0.3, 0.4) is 0 Å². The van der Waals surface area contributed by atoms with Gasteiger partial charge in [-0.25, -0.2) is 14.2 Å². The number of pyridine rings is 1. The number of carbonyl (C=O) groups is 1. The molecule has 0 fully saturated rings. The molecule has 0 radical (unpaired) electrons. The molecule has 4 rings (SSSR count). The Hall–Kier alpha value is -3.73. The number of aromatic carboxylic acids is 1. The molecule has 162 valence electrons. The summed E-state index contributed by atoms with van der Waals surface area (Å²) in [6.07, 6.45) is 3.39. The maximum atomic E-state index is 13.6. The summed E-state index contributed by atoms with van der Waals surface area (Å²) in [5.74, 6) is -0.742. The molecule has 0 unspecified atom stereocenters. The Balaban J connectivity index is 1.57. The maximum Gasteiger partial charge on any atom is 0.336 e. The van der Waals surface area contributed by atoms with Crippen molar-refractivity contribution in [2.24, 2.45) is 0 Å². The lowest BCUT2D eigenvalue weighted by molar-refractivity contribution is 0.0699. The highest BCUT2D eigenvalue weighted by atomic mass is 19.1. The molecule has 5 heteroatoms. The van der Waals surface area contributed by atoms with Crippen LogP contribution >= 0.6 is 0 Å². The highest BCUT2D eigenvalue weighted by Gasteiger charge is 2.14. The SMILES string of the molecule is CCCCCOc1ccc(-c2ccc(-c3cc(C(=O)O)c4cc(F)ccc4n3)cc2)cc1. The Bertz CT molecular complexity index is 1230. The van der Waals surface area contributed by atoms with Crippen molar-refractivity contribution in [1.29, 1.82) is 0 Å². The molecule has 0 aliphatic rings. The van der Waals surface area contributed by atoms with Crippen LogP contribution in [0.5, 0.6) is 5.75 Å². The summed E-state index contributed by atoms with van der Waals surface area (Å²) in [6.45, 7) is 2.90. The van der Waals surface area contributed by atoms with E-state index in [1.165, 1.54) is 37.1 Å². The summed E-state index contributed by atoms with van der Waals surface area (Å²) < 4.78 is 19.4. The molecule has 0 spiro atoms. The molecule has 0 aliphatic heterocycles. The van der Waals surface area contributed by atoms with Gasteiger partial charge in [-0.05, 0) is 53.9 Å². The lowest BCUT2D eigenvalue weighted by atomic mass is 10.0. The third-order valence-corrected chi connectivity index (χ3v) is 5.39. The second-order valence-corrected chi connectivity index (χ2v) is 7.68. The molecule has 0 amide bonds. The summed E-state index contributed by atoms with van der Waals surface area (Å²) in [4.78, 5) is 16.3. The van der Waals surface area contributed by atoms with Crippen LogP contribution < -0.4 is 4.74 Å². The minimum atomic E-state index is -1.11. The average molecular weight is 429 g/mol. The number of nitrogens with zero attached hydrogens (tertiary/aromatic N) is 1. The van der Waals surface area contributed by atoms with Crippen molar-refractivity contribution in [3.8, 4) is 28.1 Å². The predicted molar refractivity (Wildman–Crippen MR) is 125 cm³/mol. The lowest BCUT2D eigenvalue weighted by Gasteiger charge is -2.09. The molecule has 0 atom stereocenters. The Morgan fingerprint density at radius 1 is 0.906 bits per heavy atom. The van der Waals surface area contributed by atoms with Gasteiger partial charge in [0.05, 0.1) is 23.4 Å². The summed E-state index contributed by atoms with van der Waals surface area (Å²) in [5.41, 5.74) is 3.89. The van der Waals surface area contributed by atoms with E-state index < -0.39 is 11.8 Å². The van der Waals surface area contributed by atoms with Crippen molar-refractivity contribution < 1.29 is 19.0 Å². The molecule has 0 aliphatic carbocycles. The molecular formula is C27H24FNO3. The highest BCUT2D eigenvalue weighted by molar-refractivity contribution is 6.03. The minimum Gasteiger partial charge on any atom is -0.494 e. The van der Waals surface area contributed by atoms with Crippen molar-refractivity contribution in [1.82, 2.24) is 4.98 Å².